The van der Waals surface area contributed by atoms with Crippen LogP contribution in [-0.2, 0) is 0 Å². The van der Waals surface area contributed by atoms with E-state index in [-0.39, 0.29) is 10.9 Å². The summed E-state index contributed by atoms with van der Waals surface area (Å²) >= 11 is 0. The molecule has 1 rings (SSSR count). The van der Waals surface area contributed by atoms with Gasteiger partial charge in [-0.2, -0.15) is 0 Å². The van der Waals surface area contributed by atoms with Crippen molar-refractivity contribution in [3.05, 3.63) is 20.4 Å². The first-order chi connectivity index (χ1) is 17.5. The zero-order valence-corrected chi connectivity index (χ0v) is 24.5. The van der Waals surface area contributed by atoms with E-state index in [9.17, 15) is 9.59 Å². The zero-order chi connectivity index (χ0) is 26.4. The Morgan fingerprint density at radius 2 is 0.944 bits per heavy atom. The molecule has 0 aliphatic rings. The minimum Gasteiger partial charge on any atom is -0.380 e. The topological polar surface area (TPSA) is 52.6 Å². The molecule has 0 heterocycles. The Bertz CT molecular complexity index is 709. The van der Waals surface area contributed by atoms with Gasteiger partial charge in [-0.05, 0) is 39.9 Å². The van der Waals surface area contributed by atoms with Crippen molar-refractivity contribution in [1.82, 2.24) is 4.90 Å². The highest BCUT2D eigenvalue weighted by Gasteiger charge is 2.25. The predicted octanol–water partition coefficient (Wildman–Crippen LogP) is 7.51. The quantitative estimate of drug-likeness (QED) is 0.104. The van der Waals surface area contributed by atoms with E-state index in [1.807, 2.05) is 0 Å². The van der Waals surface area contributed by atoms with Crippen molar-refractivity contribution in [3.8, 4) is 0 Å². The van der Waals surface area contributed by atoms with Gasteiger partial charge >= 0.3 is 0 Å². The van der Waals surface area contributed by atoms with E-state index < -0.39 is 0 Å². The molecule has 5 heteroatoms. The molecule has 0 radical (unpaired) electrons. The fraction of sp³-hybridized carbons (Fsp3) is 0.871. The summed E-state index contributed by atoms with van der Waals surface area (Å²) < 4.78 is 0. The second-order valence-corrected chi connectivity index (χ2v) is 11.1. The van der Waals surface area contributed by atoms with Crippen molar-refractivity contribution in [1.29, 1.82) is 0 Å². The molecular weight excluding hydrogens is 446 g/mol. The Balaban J connectivity index is 2.43. The Hall–Kier alpha value is -1.36. The van der Waals surface area contributed by atoms with Crippen LogP contribution in [0.3, 0.4) is 0 Å². The Morgan fingerprint density at radius 1 is 0.528 bits per heavy atom. The lowest BCUT2D eigenvalue weighted by Gasteiger charge is -2.28. The van der Waals surface area contributed by atoms with E-state index in [1.54, 1.807) is 0 Å². The van der Waals surface area contributed by atoms with Crippen LogP contribution < -0.4 is 21.1 Å². The molecular formula is C31H59N3O2. The molecule has 0 aliphatic carbocycles. The molecule has 1 aromatic rings. The fourth-order valence-electron chi connectivity index (χ4n) is 5.02. The van der Waals surface area contributed by atoms with Gasteiger partial charge in [0.25, 0.3) is 10.9 Å². The van der Waals surface area contributed by atoms with Gasteiger partial charge in [-0.15, -0.1) is 0 Å². The summed E-state index contributed by atoms with van der Waals surface area (Å²) in [6.45, 7) is 8.01. The molecule has 0 fully saturated rings. The van der Waals surface area contributed by atoms with Gasteiger partial charge in [0.15, 0.2) is 0 Å². The van der Waals surface area contributed by atoms with Crippen LogP contribution >= 0.6 is 0 Å². The van der Waals surface area contributed by atoms with Gasteiger partial charge in [0.2, 0.25) is 0 Å². The van der Waals surface area contributed by atoms with Crippen LogP contribution in [0.2, 0.25) is 0 Å². The fourth-order valence-corrected chi connectivity index (χ4v) is 5.02. The molecule has 0 aromatic heterocycles. The highest BCUT2D eigenvalue weighted by Crippen LogP contribution is 2.22. The molecule has 0 atom stereocenters. The van der Waals surface area contributed by atoms with Crippen LogP contribution in [0.4, 0.5) is 11.4 Å². The molecule has 5 nitrogen and oxygen atoms in total. The minimum atomic E-state index is -0.322. The summed E-state index contributed by atoms with van der Waals surface area (Å²) in [6.07, 6.45) is 24.4. The molecule has 36 heavy (non-hydrogen) atoms. The summed E-state index contributed by atoms with van der Waals surface area (Å²) in [5.74, 6) is 0. The Morgan fingerprint density at radius 3 is 1.36 bits per heavy atom. The molecule has 1 N–H and O–H groups in total. The molecule has 0 amide bonds. The molecule has 210 valence electrons. The average molecular weight is 506 g/mol. The summed E-state index contributed by atoms with van der Waals surface area (Å²) in [5, 5.41) is 3.29. The molecule has 0 spiro atoms. The summed E-state index contributed by atoms with van der Waals surface area (Å²) in [5.41, 5.74) is 0.637. The zero-order valence-electron chi connectivity index (χ0n) is 24.5. The molecule has 1 aromatic carbocycles. The number of unbranched alkanes of at least 4 members (excludes halogenated alkanes) is 16. The van der Waals surface area contributed by atoms with Gasteiger partial charge in [0.05, 0.1) is 0 Å². The van der Waals surface area contributed by atoms with Gasteiger partial charge in [-0.3, -0.25) is 9.59 Å². The third kappa shape index (κ3) is 14.4. The first-order valence-corrected chi connectivity index (χ1v) is 15.5. The lowest BCUT2D eigenvalue weighted by atomic mass is 10.0. The summed E-state index contributed by atoms with van der Waals surface area (Å²) in [4.78, 5) is 29.2. The second kappa shape index (κ2) is 21.7. The number of hydrogen-bond acceptors (Lipinski definition) is 5. The largest absolute Gasteiger partial charge is 0.380 e. The van der Waals surface area contributed by atoms with Crippen molar-refractivity contribution in [3.63, 3.8) is 0 Å². The van der Waals surface area contributed by atoms with Crippen LogP contribution in [0.15, 0.2) is 9.59 Å². The van der Waals surface area contributed by atoms with Crippen LogP contribution in [0.1, 0.15) is 136 Å². The smallest absolute Gasteiger partial charge is 0.253 e. The predicted molar refractivity (Wildman–Crippen MR) is 160 cm³/mol. The normalized spacial score (nSPS) is 11.6. The highest BCUT2D eigenvalue weighted by atomic mass is 16.2. The van der Waals surface area contributed by atoms with Crippen molar-refractivity contribution >= 4 is 11.4 Å². The van der Waals surface area contributed by atoms with Crippen molar-refractivity contribution in [2.45, 2.75) is 136 Å². The number of hydrogen-bond donors (Lipinski definition) is 1. The van der Waals surface area contributed by atoms with E-state index in [4.69, 9.17) is 0 Å². The average Bonchev–Trinajstić information content (AvgIpc) is 2.87. The van der Waals surface area contributed by atoms with Gasteiger partial charge < -0.3 is 15.1 Å². The van der Waals surface area contributed by atoms with E-state index in [2.05, 4.69) is 43.1 Å². The highest BCUT2D eigenvalue weighted by molar-refractivity contribution is 5.75. The van der Waals surface area contributed by atoms with Crippen LogP contribution in [0, 0.1) is 0 Å². The van der Waals surface area contributed by atoms with Crippen molar-refractivity contribution in [2.24, 2.45) is 0 Å². The lowest BCUT2D eigenvalue weighted by Crippen LogP contribution is -2.43. The Kier molecular flexibility index (Phi) is 19.7. The first kappa shape index (κ1) is 32.7. The van der Waals surface area contributed by atoms with E-state index >= 15 is 0 Å². The van der Waals surface area contributed by atoms with Crippen LogP contribution in [-0.4, -0.2) is 45.2 Å². The maximum absolute atomic E-state index is 12.5. The van der Waals surface area contributed by atoms with Crippen LogP contribution in [0.5, 0.6) is 0 Å². The van der Waals surface area contributed by atoms with Gasteiger partial charge in [0, 0.05) is 19.6 Å². The van der Waals surface area contributed by atoms with E-state index in [0.29, 0.717) is 11.4 Å². The van der Waals surface area contributed by atoms with Crippen molar-refractivity contribution < 1.29 is 0 Å². The third-order valence-corrected chi connectivity index (χ3v) is 7.35. The Labute approximate surface area is 223 Å². The number of anilines is 2. The summed E-state index contributed by atoms with van der Waals surface area (Å²) in [7, 11) is 4.11. The van der Waals surface area contributed by atoms with E-state index in [1.165, 1.54) is 103 Å². The SMILES string of the molecule is CCCCCCCCCCCCCCN(CCCCCCCC)c1c(NCCCN(C)C)c(=O)c1=O. The molecule has 0 unspecified atom stereocenters. The van der Waals surface area contributed by atoms with Crippen LogP contribution in [0.25, 0.3) is 0 Å². The number of rotatable bonds is 26. The molecule has 0 aliphatic heterocycles. The second-order valence-electron chi connectivity index (χ2n) is 11.1. The lowest BCUT2D eigenvalue weighted by molar-refractivity contribution is 0.405. The minimum absolute atomic E-state index is 0.282. The number of nitrogens with zero attached hydrogens (tertiary/aromatic N) is 2. The summed E-state index contributed by atoms with van der Waals surface area (Å²) in [6, 6.07) is 0. The molecule has 0 saturated carbocycles. The molecule has 0 saturated heterocycles. The maximum Gasteiger partial charge on any atom is 0.253 e. The van der Waals surface area contributed by atoms with Gasteiger partial charge in [-0.1, -0.05) is 117 Å². The molecule has 0 bridgehead atoms. The third-order valence-electron chi connectivity index (χ3n) is 7.35. The van der Waals surface area contributed by atoms with Crippen molar-refractivity contribution in [2.75, 3.05) is 50.5 Å². The monoisotopic (exact) mass is 505 g/mol. The first-order valence-electron chi connectivity index (χ1n) is 15.5. The maximum atomic E-state index is 12.5. The number of nitrogens with one attached hydrogen (secondary N) is 1. The van der Waals surface area contributed by atoms with Gasteiger partial charge in [0.1, 0.15) is 11.4 Å². The standard InChI is InChI=1S/C31H59N3O2/c1-5-7-9-11-13-14-15-16-17-18-20-22-27-34(26-21-19-12-10-8-6-2)29-28(30(35)31(29)36)32-24-23-25-33(3)4/h32H,5-27H2,1-4H3. The van der Waals surface area contributed by atoms with Gasteiger partial charge in [-0.25, -0.2) is 0 Å². The van der Waals surface area contributed by atoms with E-state index in [0.717, 1.165) is 45.4 Å².